The predicted molar refractivity (Wildman–Crippen MR) is 161 cm³/mol. The fourth-order valence-corrected chi connectivity index (χ4v) is 5.74. The molecule has 6 aromatic rings. The number of fused-ring (bicyclic) bond motifs is 3. The van der Waals surface area contributed by atoms with Gasteiger partial charge in [-0.25, -0.2) is 0 Å². The first-order valence-corrected chi connectivity index (χ1v) is 13.1. The molecule has 0 aliphatic carbocycles. The molecule has 0 aromatic heterocycles. The Labute approximate surface area is 223 Å². The molecule has 38 heavy (non-hydrogen) atoms. The van der Waals surface area contributed by atoms with Crippen molar-refractivity contribution >= 4 is 44.9 Å². The molecule has 3 heteroatoms. The number of hydrogen-bond acceptors (Lipinski definition) is 2. The molecule has 0 atom stereocenters. The summed E-state index contributed by atoms with van der Waals surface area (Å²) in [5, 5.41) is 7.50. The highest BCUT2D eigenvalue weighted by molar-refractivity contribution is 6.62. The predicted octanol–water partition coefficient (Wildman–Crippen LogP) is 8.51. The summed E-state index contributed by atoms with van der Waals surface area (Å²) in [4.78, 5) is 0. The summed E-state index contributed by atoms with van der Waals surface area (Å²) in [6.45, 7) is 7.99. The molecular weight excluding hydrogens is 463 g/mol. The maximum atomic E-state index is 6.11. The third kappa shape index (κ3) is 3.54. The van der Waals surface area contributed by atoms with E-state index in [2.05, 4.69) is 122 Å². The van der Waals surface area contributed by atoms with Crippen molar-refractivity contribution in [2.45, 2.75) is 19.4 Å². The van der Waals surface area contributed by atoms with Crippen molar-refractivity contribution < 1.29 is 9.31 Å². The van der Waals surface area contributed by atoms with Gasteiger partial charge in [0.25, 0.3) is 0 Å². The smallest absolute Gasteiger partial charge is 0.534 e. The second kappa shape index (κ2) is 8.61. The number of rotatable bonds is 3. The summed E-state index contributed by atoms with van der Waals surface area (Å²) in [5.41, 5.74) is 5.44. The highest BCUT2D eigenvalue weighted by atomic mass is 16.7. The average Bonchev–Trinajstić information content (AvgIpc) is 3.23. The number of benzene rings is 6. The highest BCUT2D eigenvalue weighted by Gasteiger charge is 2.42. The molecule has 6 aromatic carbocycles. The van der Waals surface area contributed by atoms with E-state index in [9.17, 15) is 0 Å². The first-order chi connectivity index (χ1) is 18.5. The zero-order valence-corrected chi connectivity index (χ0v) is 21.6. The Hall–Kier alpha value is -4.34. The van der Waals surface area contributed by atoms with Crippen molar-refractivity contribution in [1.29, 1.82) is 0 Å². The molecule has 0 radical (unpaired) electrons. The van der Waals surface area contributed by atoms with Crippen LogP contribution in [-0.2, 0) is 9.31 Å². The standard InChI is InChI=1S/C35H27BO2/c1-23-35(2,3)38-36(37-23)26-21-19-25(20-22-26)33-29-14-6-8-16-31(29)34(32-17-9-7-15-30(32)33)28-18-10-12-24-11-4-5-13-27(24)28/h4-22H,1H2,2-3H3. The summed E-state index contributed by atoms with van der Waals surface area (Å²) in [5.74, 6) is 0.660. The van der Waals surface area contributed by atoms with Gasteiger partial charge in [0.1, 0.15) is 5.60 Å². The van der Waals surface area contributed by atoms with Gasteiger partial charge in [0.05, 0.1) is 5.76 Å². The Morgan fingerprint density at radius 1 is 0.579 bits per heavy atom. The van der Waals surface area contributed by atoms with Crippen LogP contribution >= 0.6 is 0 Å². The second-order valence-electron chi connectivity index (χ2n) is 10.5. The lowest BCUT2D eigenvalue weighted by molar-refractivity contribution is 0.173. The Bertz CT molecular complexity index is 1810. The van der Waals surface area contributed by atoms with Gasteiger partial charge in [-0.1, -0.05) is 122 Å². The van der Waals surface area contributed by atoms with Gasteiger partial charge >= 0.3 is 7.12 Å². The van der Waals surface area contributed by atoms with Gasteiger partial charge < -0.3 is 9.31 Å². The first kappa shape index (κ1) is 22.8. The van der Waals surface area contributed by atoms with E-state index in [1.165, 1.54) is 54.6 Å². The molecule has 1 saturated heterocycles. The Kier molecular flexibility index (Phi) is 5.17. The molecule has 1 aliphatic heterocycles. The van der Waals surface area contributed by atoms with Crippen LogP contribution in [-0.4, -0.2) is 12.7 Å². The van der Waals surface area contributed by atoms with Crippen LogP contribution in [0, 0.1) is 0 Å². The fraction of sp³-hybridized carbons (Fsp3) is 0.0857. The summed E-state index contributed by atoms with van der Waals surface area (Å²) in [6.07, 6.45) is 0. The van der Waals surface area contributed by atoms with E-state index in [0.717, 1.165) is 5.46 Å². The quantitative estimate of drug-likeness (QED) is 0.183. The van der Waals surface area contributed by atoms with Crippen LogP contribution in [0.2, 0.25) is 0 Å². The van der Waals surface area contributed by atoms with Gasteiger partial charge in [0.15, 0.2) is 0 Å². The van der Waals surface area contributed by atoms with Crippen LogP contribution < -0.4 is 5.46 Å². The molecule has 1 aliphatic rings. The summed E-state index contributed by atoms with van der Waals surface area (Å²) < 4.78 is 12.0. The summed E-state index contributed by atoms with van der Waals surface area (Å²) in [6, 6.07) is 41.4. The first-order valence-electron chi connectivity index (χ1n) is 13.1. The minimum atomic E-state index is -0.493. The Balaban J connectivity index is 1.46. The van der Waals surface area contributed by atoms with Gasteiger partial charge in [-0.15, -0.1) is 0 Å². The third-order valence-corrected chi connectivity index (χ3v) is 7.78. The molecule has 0 N–H and O–H groups in total. The minimum absolute atomic E-state index is 0.436. The molecule has 0 bridgehead atoms. The summed E-state index contributed by atoms with van der Waals surface area (Å²) >= 11 is 0. The molecule has 0 spiro atoms. The molecule has 0 unspecified atom stereocenters. The molecular formula is C35H27BO2. The van der Waals surface area contributed by atoms with Gasteiger partial charge in [0, 0.05) is 0 Å². The van der Waals surface area contributed by atoms with E-state index in [0.29, 0.717) is 5.76 Å². The average molecular weight is 490 g/mol. The van der Waals surface area contributed by atoms with Gasteiger partial charge in [-0.2, -0.15) is 0 Å². The van der Waals surface area contributed by atoms with Crippen LogP contribution in [0.4, 0.5) is 0 Å². The van der Waals surface area contributed by atoms with Crippen LogP contribution in [0.5, 0.6) is 0 Å². The van der Waals surface area contributed by atoms with E-state index in [-0.39, 0.29) is 0 Å². The van der Waals surface area contributed by atoms with Crippen molar-refractivity contribution in [3.8, 4) is 22.3 Å². The second-order valence-corrected chi connectivity index (χ2v) is 10.5. The van der Waals surface area contributed by atoms with E-state index in [1.807, 2.05) is 13.8 Å². The molecule has 2 nitrogen and oxygen atoms in total. The van der Waals surface area contributed by atoms with Crippen molar-refractivity contribution in [1.82, 2.24) is 0 Å². The van der Waals surface area contributed by atoms with E-state index in [4.69, 9.17) is 9.31 Å². The lowest BCUT2D eigenvalue weighted by atomic mass is 9.78. The largest absolute Gasteiger partial charge is 0.563 e. The minimum Gasteiger partial charge on any atom is -0.534 e. The molecule has 7 rings (SSSR count). The van der Waals surface area contributed by atoms with Crippen molar-refractivity contribution in [3.05, 3.63) is 128 Å². The molecule has 0 saturated carbocycles. The van der Waals surface area contributed by atoms with E-state index in [1.54, 1.807) is 0 Å². The van der Waals surface area contributed by atoms with Crippen LogP contribution in [0.25, 0.3) is 54.6 Å². The van der Waals surface area contributed by atoms with Crippen molar-refractivity contribution in [3.63, 3.8) is 0 Å². The number of hydrogen-bond donors (Lipinski definition) is 0. The normalized spacial score (nSPS) is 14.9. The Morgan fingerprint density at radius 2 is 1.11 bits per heavy atom. The summed E-state index contributed by atoms with van der Waals surface area (Å²) in [7, 11) is -0.436. The fourth-order valence-electron chi connectivity index (χ4n) is 5.74. The van der Waals surface area contributed by atoms with E-state index < -0.39 is 12.7 Å². The lowest BCUT2D eigenvalue weighted by Gasteiger charge is -2.19. The monoisotopic (exact) mass is 490 g/mol. The molecule has 1 heterocycles. The van der Waals surface area contributed by atoms with Crippen LogP contribution in [0.15, 0.2) is 128 Å². The molecule has 1 fully saturated rings. The van der Waals surface area contributed by atoms with Gasteiger partial charge in [0.2, 0.25) is 0 Å². The van der Waals surface area contributed by atoms with Crippen molar-refractivity contribution in [2.24, 2.45) is 0 Å². The van der Waals surface area contributed by atoms with E-state index >= 15 is 0 Å². The topological polar surface area (TPSA) is 18.5 Å². The Morgan fingerprint density at radius 3 is 1.68 bits per heavy atom. The van der Waals surface area contributed by atoms with Crippen molar-refractivity contribution in [2.75, 3.05) is 0 Å². The third-order valence-electron chi connectivity index (χ3n) is 7.78. The maximum absolute atomic E-state index is 6.11. The maximum Gasteiger partial charge on any atom is 0.563 e. The zero-order chi connectivity index (χ0) is 25.9. The van der Waals surface area contributed by atoms with Crippen LogP contribution in [0.1, 0.15) is 13.8 Å². The lowest BCUT2D eigenvalue weighted by Crippen LogP contribution is -2.34. The zero-order valence-electron chi connectivity index (χ0n) is 21.6. The SMILES string of the molecule is C=C1OB(c2ccc(-c3c4ccccc4c(-c4cccc5ccccc45)c4ccccc34)cc2)OC1(C)C. The van der Waals surface area contributed by atoms with Gasteiger partial charge in [-0.05, 0) is 73.9 Å². The molecule has 182 valence electrons. The molecule has 0 amide bonds. The highest BCUT2D eigenvalue weighted by Crippen LogP contribution is 2.45. The van der Waals surface area contributed by atoms with Crippen LogP contribution in [0.3, 0.4) is 0 Å². The van der Waals surface area contributed by atoms with Gasteiger partial charge in [-0.3, -0.25) is 0 Å².